The fourth-order valence-corrected chi connectivity index (χ4v) is 6.22. The van der Waals surface area contributed by atoms with Crippen molar-refractivity contribution in [3.63, 3.8) is 0 Å². The lowest BCUT2D eigenvalue weighted by molar-refractivity contribution is -0.730. The zero-order valence-electron chi connectivity index (χ0n) is 25.5. The average molecular weight is 524 g/mol. The number of nitrogens with zero attached hydrogens (tertiary/aromatic N) is 1. The maximum atomic E-state index is 3.34. The largest absolute Gasteiger partial charge is 0.250 e. The van der Waals surface area contributed by atoms with E-state index in [4.69, 9.17) is 0 Å². The van der Waals surface area contributed by atoms with Crippen LogP contribution in [-0.4, -0.2) is 4.98 Å². The molecule has 1 N–H and O–H groups in total. The van der Waals surface area contributed by atoms with E-state index >= 15 is 0 Å². The third-order valence-electron chi connectivity index (χ3n) is 8.62. The summed E-state index contributed by atoms with van der Waals surface area (Å²) in [4.78, 5) is 3.34. The summed E-state index contributed by atoms with van der Waals surface area (Å²) in [5.41, 5.74) is 1.51. The van der Waals surface area contributed by atoms with Gasteiger partial charge in [-0.25, -0.2) is 4.57 Å². The Kier molecular flexibility index (Phi) is 20.0. The van der Waals surface area contributed by atoms with Gasteiger partial charge in [0.1, 0.15) is 18.4 Å². The molecule has 1 aromatic heterocycles. The van der Waals surface area contributed by atoms with E-state index in [1.807, 2.05) is 0 Å². The minimum absolute atomic E-state index is 0.606. The Balaban J connectivity index is 1.74. The third-order valence-corrected chi connectivity index (χ3v) is 8.62. The second-order valence-electron chi connectivity index (χ2n) is 12.0. The van der Waals surface area contributed by atoms with Crippen LogP contribution in [0, 0.1) is 5.92 Å². The first-order chi connectivity index (χ1) is 18.8. The zero-order chi connectivity index (χ0) is 26.9. The van der Waals surface area contributed by atoms with Crippen LogP contribution in [0.1, 0.15) is 167 Å². The Morgan fingerprint density at radius 3 is 1.53 bits per heavy atom. The van der Waals surface area contributed by atoms with E-state index in [1.165, 1.54) is 153 Å². The lowest BCUT2D eigenvalue weighted by Crippen LogP contribution is -2.42. The van der Waals surface area contributed by atoms with E-state index in [1.54, 1.807) is 0 Å². The molecule has 2 unspecified atom stereocenters. The van der Waals surface area contributed by atoms with E-state index in [2.05, 4.69) is 72.5 Å². The summed E-state index contributed by atoms with van der Waals surface area (Å²) in [7, 11) is 0. The van der Waals surface area contributed by atoms with Crippen molar-refractivity contribution in [1.82, 2.24) is 4.98 Å². The van der Waals surface area contributed by atoms with Gasteiger partial charge in [-0.2, -0.15) is 0 Å². The molecule has 0 saturated heterocycles. The van der Waals surface area contributed by atoms with E-state index in [-0.39, 0.29) is 0 Å². The number of hydrogen-bond donors (Lipinski definition) is 1. The van der Waals surface area contributed by atoms with Gasteiger partial charge in [-0.3, -0.25) is 4.98 Å². The molecular weight excluding hydrogens is 460 g/mol. The molecule has 1 aromatic carbocycles. The van der Waals surface area contributed by atoms with Crippen LogP contribution in [0.4, 0.5) is 0 Å². The van der Waals surface area contributed by atoms with E-state index in [0.29, 0.717) is 12.0 Å². The Morgan fingerprint density at radius 1 is 0.579 bits per heavy atom. The molecule has 0 aliphatic heterocycles. The molecule has 0 saturated carbocycles. The first-order valence-electron chi connectivity index (χ1n) is 16.9. The fraction of sp³-hybridized carbons (Fsp3) is 0.750. The number of benzene rings is 1. The minimum atomic E-state index is 0.606. The van der Waals surface area contributed by atoms with Crippen LogP contribution in [0.2, 0.25) is 0 Å². The Morgan fingerprint density at radius 2 is 1.05 bits per heavy atom. The minimum Gasteiger partial charge on any atom is -0.250 e. The van der Waals surface area contributed by atoms with Crippen molar-refractivity contribution >= 4 is 0 Å². The summed E-state index contributed by atoms with van der Waals surface area (Å²) >= 11 is 0. The number of hydrogen-bond acceptors (Lipinski definition) is 0. The Bertz CT molecular complexity index is 723. The van der Waals surface area contributed by atoms with E-state index in [9.17, 15) is 0 Å². The first kappa shape index (κ1) is 32.6. The molecule has 1 heterocycles. The number of aromatic amines is 1. The van der Waals surface area contributed by atoms with Crippen LogP contribution >= 0.6 is 0 Å². The molecule has 2 rings (SSSR count). The monoisotopic (exact) mass is 523 g/mol. The maximum absolute atomic E-state index is 3.34. The van der Waals surface area contributed by atoms with Crippen molar-refractivity contribution in [3.05, 3.63) is 54.6 Å². The highest BCUT2D eigenvalue weighted by Crippen LogP contribution is 2.29. The second kappa shape index (κ2) is 23.3. The highest BCUT2D eigenvalue weighted by atomic mass is 15.1. The van der Waals surface area contributed by atoms with Gasteiger partial charge in [-0.15, -0.1) is 0 Å². The van der Waals surface area contributed by atoms with Gasteiger partial charge in [0.05, 0.1) is 0 Å². The number of unbranched alkanes of at least 4 members (excludes halogenated alkanes) is 18. The number of imidazole rings is 1. The van der Waals surface area contributed by atoms with Crippen molar-refractivity contribution in [2.75, 3.05) is 0 Å². The van der Waals surface area contributed by atoms with E-state index < -0.39 is 0 Å². The molecule has 0 fully saturated rings. The van der Waals surface area contributed by atoms with Crippen LogP contribution in [0.15, 0.2) is 49.1 Å². The number of nitrogens with one attached hydrogen (secondary N) is 1. The van der Waals surface area contributed by atoms with Gasteiger partial charge in [-0.05, 0) is 31.2 Å². The second-order valence-corrected chi connectivity index (χ2v) is 12.0. The Labute approximate surface area is 237 Å². The standard InChI is InChI=1S/C36H62N2/c1-3-5-7-9-11-12-13-14-15-16-18-20-25-29-36(38-31-30-37-33-38)35(32-34-26-22-21-23-27-34)28-24-19-17-10-8-6-4-2/h21-23,26-27,30-31,33,35-36H,3-20,24-25,28-29,32H2,1-2H3/p+1. The van der Waals surface area contributed by atoms with Gasteiger partial charge < -0.3 is 0 Å². The van der Waals surface area contributed by atoms with Crippen molar-refractivity contribution in [2.24, 2.45) is 5.92 Å². The molecule has 0 spiro atoms. The van der Waals surface area contributed by atoms with Crippen LogP contribution in [0.3, 0.4) is 0 Å². The quantitative estimate of drug-likeness (QED) is 0.0934. The highest BCUT2D eigenvalue weighted by Gasteiger charge is 2.26. The van der Waals surface area contributed by atoms with Gasteiger partial charge in [0.15, 0.2) is 0 Å². The molecule has 0 aliphatic carbocycles. The van der Waals surface area contributed by atoms with Gasteiger partial charge >= 0.3 is 0 Å². The Hall–Kier alpha value is -1.57. The lowest BCUT2D eigenvalue weighted by Gasteiger charge is -2.25. The van der Waals surface area contributed by atoms with Gasteiger partial charge in [0.25, 0.3) is 0 Å². The molecule has 2 atom stereocenters. The molecule has 0 aliphatic rings. The highest BCUT2D eigenvalue weighted by molar-refractivity contribution is 5.15. The molecular formula is C36H63N2+. The summed E-state index contributed by atoms with van der Waals surface area (Å²) in [5.74, 6) is 0.714. The normalized spacial score (nSPS) is 13.1. The molecule has 38 heavy (non-hydrogen) atoms. The predicted octanol–water partition coefficient (Wildman–Crippen LogP) is 11.3. The SMILES string of the molecule is CCCCCCCCCCCCCCCC(C(CCCCCCCCC)Cc1ccccc1)[n+]1cc[nH]c1. The molecule has 2 heteroatoms. The van der Waals surface area contributed by atoms with Crippen LogP contribution in [0.25, 0.3) is 0 Å². The molecule has 2 aromatic rings. The third kappa shape index (κ3) is 15.7. The maximum Gasteiger partial charge on any atom is 0.241 e. The van der Waals surface area contributed by atoms with E-state index in [0.717, 1.165) is 0 Å². The molecule has 2 nitrogen and oxygen atoms in total. The summed E-state index contributed by atoms with van der Waals surface area (Å²) in [6, 6.07) is 11.9. The topological polar surface area (TPSA) is 19.7 Å². The smallest absolute Gasteiger partial charge is 0.241 e. The summed E-state index contributed by atoms with van der Waals surface area (Å²) in [5, 5.41) is 0. The summed E-state index contributed by atoms with van der Waals surface area (Å²) in [6.07, 6.45) is 38.8. The fourth-order valence-electron chi connectivity index (χ4n) is 6.22. The molecule has 0 bridgehead atoms. The lowest BCUT2D eigenvalue weighted by atomic mass is 9.84. The molecule has 216 valence electrons. The summed E-state index contributed by atoms with van der Waals surface area (Å²) in [6.45, 7) is 4.61. The summed E-state index contributed by atoms with van der Waals surface area (Å²) < 4.78 is 2.50. The van der Waals surface area contributed by atoms with Crippen LogP contribution < -0.4 is 4.57 Å². The van der Waals surface area contributed by atoms with Crippen molar-refractivity contribution < 1.29 is 4.57 Å². The van der Waals surface area contributed by atoms with Crippen LogP contribution in [-0.2, 0) is 6.42 Å². The van der Waals surface area contributed by atoms with Gasteiger partial charge in [0.2, 0.25) is 6.33 Å². The van der Waals surface area contributed by atoms with Crippen molar-refractivity contribution in [1.29, 1.82) is 0 Å². The van der Waals surface area contributed by atoms with Crippen molar-refractivity contribution in [2.45, 2.75) is 168 Å². The van der Waals surface area contributed by atoms with Crippen LogP contribution in [0.5, 0.6) is 0 Å². The number of rotatable bonds is 26. The predicted molar refractivity (Wildman–Crippen MR) is 167 cm³/mol. The van der Waals surface area contributed by atoms with Crippen molar-refractivity contribution in [3.8, 4) is 0 Å². The average Bonchev–Trinajstić information content (AvgIpc) is 3.48. The number of aromatic nitrogens is 2. The van der Waals surface area contributed by atoms with Gasteiger partial charge in [-0.1, -0.05) is 166 Å². The molecule has 0 radical (unpaired) electrons. The first-order valence-corrected chi connectivity index (χ1v) is 16.9. The van der Waals surface area contributed by atoms with Gasteiger partial charge in [0, 0.05) is 5.92 Å². The molecule has 0 amide bonds. The zero-order valence-corrected chi connectivity index (χ0v) is 25.5. The number of H-pyrrole nitrogens is 1.